The smallest absolute Gasteiger partial charge is 0.264 e. The van der Waals surface area contributed by atoms with Gasteiger partial charge in [0.25, 0.3) is 10.0 Å². The van der Waals surface area contributed by atoms with Crippen LogP contribution in [0.1, 0.15) is 38.3 Å². The fourth-order valence-corrected chi connectivity index (χ4v) is 6.37. The van der Waals surface area contributed by atoms with Crippen LogP contribution in [0, 0.1) is 6.92 Å². The molecule has 0 heterocycles. The Morgan fingerprint density at radius 1 is 0.900 bits per heavy atom. The van der Waals surface area contributed by atoms with Gasteiger partial charge < -0.3 is 10.2 Å². The largest absolute Gasteiger partial charge is 0.352 e. The number of nitrogens with zero attached hydrogens (tertiary/aromatic N) is 2. The summed E-state index contributed by atoms with van der Waals surface area (Å²) in [5.74, 6) is -0.959. The molecule has 0 aliphatic rings. The van der Waals surface area contributed by atoms with E-state index in [1.54, 1.807) is 56.3 Å². The second-order valence-corrected chi connectivity index (χ2v) is 12.7. The van der Waals surface area contributed by atoms with E-state index in [1.807, 2.05) is 13.8 Å². The van der Waals surface area contributed by atoms with Crippen molar-refractivity contribution < 1.29 is 18.0 Å². The van der Waals surface area contributed by atoms with Gasteiger partial charge in [0.2, 0.25) is 11.8 Å². The number of nitrogens with one attached hydrogen (secondary N) is 1. The van der Waals surface area contributed by atoms with E-state index in [2.05, 4.69) is 5.32 Å². The van der Waals surface area contributed by atoms with Gasteiger partial charge in [0.15, 0.2) is 0 Å². The van der Waals surface area contributed by atoms with Crippen molar-refractivity contribution in [3.05, 3.63) is 92.9 Å². The van der Waals surface area contributed by atoms with Crippen LogP contribution in [-0.2, 0) is 26.2 Å². The molecule has 0 aliphatic carbocycles. The average molecular weight is 625 g/mol. The van der Waals surface area contributed by atoms with Crippen LogP contribution < -0.4 is 9.62 Å². The molecule has 3 rings (SSSR count). The molecule has 0 fully saturated rings. The minimum atomic E-state index is -4.21. The van der Waals surface area contributed by atoms with Gasteiger partial charge in [0.1, 0.15) is 12.6 Å². The molecule has 0 saturated heterocycles. The summed E-state index contributed by atoms with van der Waals surface area (Å²) in [5.41, 5.74) is 1.44. The van der Waals surface area contributed by atoms with E-state index in [0.29, 0.717) is 31.9 Å². The van der Waals surface area contributed by atoms with Crippen molar-refractivity contribution in [2.75, 3.05) is 10.8 Å². The summed E-state index contributed by atoms with van der Waals surface area (Å²) in [6.45, 7) is 6.52. The number of anilines is 1. The fourth-order valence-electron chi connectivity index (χ4n) is 4.24. The Bertz CT molecular complexity index is 1440. The van der Waals surface area contributed by atoms with E-state index in [1.165, 1.54) is 29.2 Å². The molecule has 0 radical (unpaired) electrons. The van der Waals surface area contributed by atoms with E-state index in [9.17, 15) is 18.0 Å². The van der Waals surface area contributed by atoms with E-state index in [4.69, 9.17) is 34.8 Å². The SMILES string of the molecule is CCC(C(=O)NC(C)C)N(Cc1c(Cl)cccc1Cl)C(=O)CN(c1ccccc1C)S(=O)(=O)c1ccc(Cl)cc1. The number of aryl methyl sites for hydroxylation is 1. The number of sulfonamides is 1. The molecule has 0 bridgehead atoms. The summed E-state index contributed by atoms with van der Waals surface area (Å²) in [4.78, 5) is 28.7. The highest BCUT2D eigenvalue weighted by Gasteiger charge is 2.34. The summed E-state index contributed by atoms with van der Waals surface area (Å²) >= 11 is 18.9. The third-order valence-electron chi connectivity index (χ3n) is 6.27. The standard InChI is InChI=1S/C29H32Cl3N3O4S/c1-5-26(29(37)33-19(2)3)34(17-23-24(31)10-8-11-25(23)32)28(36)18-35(27-12-7-6-9-20(27)4)40(38,39)22-15-13-21(30)14-16-22/h6-16,19,26H,5,17-18H2,1-4H3,(H,33,37). The zero-order valence-corrected chi connectivity index (χ0v) is 25.8. The molecule has 1 N–H and O–H groups in total. The van der Waals surface area contributed by atoms with Crippen molar-refractivity contribution in [1.82, 2.24) is 10.2 Å². The van der Waals surface area contributed by atoms with E-state index >= 15 is 0 Å². The first-order chi connectivity index (χ1) is 18.9. The molecule has 214 valence electrons. The number of hydrogen-bond acceptors (Lipinski definition) is 4. The second-order valence-electron chi connectivity index (χ2n) is 9.56. The summed E-state index contributed by atoms with van der Waals surface area (Å²) in [6.07, 6.45) is 0.278. The van der Waals surface area contributed by atoms with Gasteiger partial charge in [0, 0.05) is 33.2 Å². The van der Waals surface area contributed by atoms with Crippen LogP contribution >= 0.6 is 34.8 Å². The van der Waals surface area contributed by atoms with Gasteiger partial charge in [-0.3, -0.25) is 13.9 Å². The highest BCUT2D eigenvalue weighted by atomic mass is 35.5. The van der Waals surface area contributed by atoms with Crippen molar-refractivity contribution in [2.45, 2.75) is 57.6 Å². The first-order valence-electron chi connectivity index (χ1n) is 12.7. The lowest BCUT2D eigenvalue weighted by molar-refractivity contribution is -0.140. The first kappa shape index (κ1) is 31.7. The second kappa shape index (κ2) is 13.7. The minimum Gasteiger partial charge on any atom is -0.352 e. The van der Waals surface area contributed by atoms with Crippen molar-refractivity contribution >= 4 is 62.3 Å². The van der Waals surface area contributed by atoms with Gasteiger partial charge in [-0.15, -0.1) is 0 Å². The maximum atomic E-state index is 14.1. The molecule has 0 aromatic heterocycles. The van der Waals surface area contributed by atoms with Gasteiger partial charge in [-0.05, 0) is 75.2 Å². The normalized spacial score (nSPS) is 12.2. The van der Waals surface area contributed by atoms with E-state index in [-0.39, 0.29) is 29.8 Å². The molecule has 2 amide bonds. The predicted molar refractivity (Wildman–Crippen MR) is 162 cm³/mol. The van der Waals surface area contributed by atoms with Crippen LogP contribution in [0.25, 0.3) is 0 Å². The lowest BCUT2D eigenvalue weighted by Gasteiger charge is -2.34. The van der Waals surface area contributed by atoms with Crippen LogP contribution in [0.3, 0.4) is 0 Å². The molecule has 1 unspecified atom stereocenters. The molecule has 7 nitrogen and oxygen atoms in total. The van der Waals surface area contributed by atoms with Crippen LogP contribution in [0.5, 0.6) is 0 Å². The van der Waals surface area contributed by atoms with Crippen molar-refractivity contribution in [3.63, 3.8) is 0 Å². The lowest BCUT2D eigenvalue weighted by Crippen LogP contribution is -2.53. The van der Waals surface area contributed by atoms with Gasteiger partial charge in [0.05, 0.1) is 10.6 Å². The Kier molecular flexibility index (Phi) is 10.9. The summed E-state index contributed by atoms with van der Waals surface area (Å²) in [7, 11) is -4.21. The number of amides is 2. The topological polar surface area (TPSA) is 86.8 Å². The zero-order valence-electron chi connectivity index (χ0n) is 22.7. The highest BCUT2D eigenvalue weighted by Crippen LogP contribution is 2.30. The number of carbonyl (C=O) groups is 2. The van der Waals surface area contributed by atoms with Crippen molar-refractivity contribution in [1.29, 1.82) is 0 Å². The molecular formula is C29H32Cl3N3O4S. The van der Waals surface area contributed by atoms with Crippen molar-refractivity contribution in [2.24, 2.45) is 0 Å². The molecule has 11 heteroatoms. The number of para-hydroxylation sites is 1. The monoisotopic (exact) mass is 623 g/mol. The Morgan fingerprint density at radius 3 is 2.05 bits per heavy atom. The Labute approximate surface area is 251 Å². The predicted octanol–water partition coefficient (Wildman–Crippen LogP) is 6.48. The summed E-state index contributed by atoms with van der Waals surface area (Å²) < 4.78 is 28.9. The Morgan fingerprint density at radius 2 is 1.50 bits per heavy atom. The number of hydrogen-bond donors (Lipinski definition) is 1. The molecule has 3 aromatic rings. The molecule has 40 heavy (non-hydrogen) atoms. The third-order valence-corrected chi connectivity index (χ3v) is 9.01. The molecule has 0 saturated carbocycles. The number of benzene rings is 3. The minimum absolute atomic E-state index is 0.0294. The van der Waals surface area contributed by atoms with E-state index in [0.717, 1.165) is 4.31 Å². The molecule has 0 aliphatic heterocycles. The number of halogens is 3. The Balaban J connectivity index is 2.12. The van der Waals surface area contributed by atoms with Crippen LogP contribution in [0.15, 0.2) is 71.6 Å². The molecule has 1 atom stereocenters. The molecule has 3 aromatic carbocycles. The maximum Gasteiger partial charge on any atom is 0.264 e. The summed E-state index contributed by atoms with van der Waals surface area (Å²) in [5, 5.41) is 3.89. The van der Waals surface area contributed by atoms with Crippen molar-refractivity contribution in [3.8, 4) is 0 Å². The van der Waals surface area contributed by atoms with Gasteiger partial charge in [-0.2, -0.15) is 0 Å². The zero-order chi connectivity index (χ0) is 29.6. The summed E-state index contributed by atoms with van der Waals surface area (Å²) in [6, 6.07) is 16.5. The molecular weight excluding hydrogens is 593 g/mol. The average Bonchev–Trinajstić information content (AvgIpc) is 2.89. The van der Waals surface area contributed by atoms with Crippen LogP contribution in [-0.4, -0.2) is 43.8 Å². The third kappa shape index (κ3) is 7.49. The van der Waals surface area contributed by atoms with Crippen LogP contribution in [0.4, 0.5) is 5.69 Å². The quantitative estimate of drug-likeness (QED) is 0.265. The number of rotatable bonds is 11. The van der Waals surface area contributed by atoms with E-state index < -0.39 is 28.5 Å². The van der Waals surface area contributed by atoms with Crippen LogP contribution in [0.2, 0.25) is 15.1 Å². The number of carbonyl (C=O) groups excluding carboxylic acids is 2. The highest BCUT2D eigenvalue weighted by molar-refractivity contribution is 7.92. The first-order valence-corrected chi connectivity index (χ1v) is 15.3. The Hall–Kier alpha value is -2.78. The van der Waals surface area contributed by atoms with Gasteiger partial charge >= 0.3 is 0 Å². The lowest BCUT2D eigenvalue weighted by atomic mass is 10.1. The molecule has 0 spiro atoms. The fraction of sp³-hybridized carbons (Fsp3) is 0.310. The maximum absolute atomic E-state index is 14.1. The van der Waals surface area contributed by atoms with Gasteiger partial charge in [-0.1, -0.05) is 66.0 Å². The van der Waals surface area contributed by atoms with Gasteiger partial charge in [-0.25, -0.2) is 8.42 Å².